The van der Waals surface area contributed by atoms with E-state index in [0.717, 1.165) is 45.2 Å². The molecule has 1 aliphatic carbocycles. The minimum absolute atomic E-state index is 0.0925. The van der Waals surface area contributed by atoms with Crippen molar-refractivity contribution in [2.24, 2.45) is 17.6 Å². The SMILES string of the molecule is CCC(C)CC(=O)N1CCC(c2ccccc2)CC1.NC(=O)C(CC1CCCCC1)NC(=O)c1ccno1. The maximum absolute atomic E-state index is 12.1. The number of likely N-dealkylation sites (tertiary alicyclic amines) is 1. The summed E-state index contributed by atoms with van der Waals surface area (Å²) < 4.78 is 4.75. The van der Waals surface area contributed by atoms with E-state index in [9.17, 15) is 14.4 Å². The Kier molecular flexibility index (Phi) is 11.8. The lowest BCUT2D eigenvalue weighted by Crippen LogP contribution is -2.45. The molecule has 1 aliphatic heterocycles. The average Bonchev–Trinajstić information content (AvgIpc) is 3.49. The maximum Gasteiger partial charge on any atom is 0.290 e. The van der Waals surface area contributed by atoms with Crippen molar-refractivity contribution < 1.29 is 18.9 Å². The van der Waals surface area contributed by atoms with Crippen molar-refractivity contribution in [3.8, 4) is 0 Å². The van der Waals surface area contributed by atoms with Crippen LogP contribution in [0.25, 0.3) is 0 Å². The van der Waals surface area contributed by atoms with Gasteiger partial charge in [0.1, 0.15) is 6.04 Å². The van der Waals surface area contributed by atoms with Crippen LogP contribution in [0.1, 0.15) is 100 Å². The Morgan fingerprint density at radius 2 is 1.74 bits per heavy atom. The van der Waals surface area contributed by atoms with Gasteiger partial charge in [0, 0.05) is 25.6 Å². The summed E-state index contributed by atoms with van der Waals surface area (Å²) in [7, 11) is 0. The van der Waals surface area contributed by atoms with Gasteiger partial charge in [0.25, 0.3) is 5.91 Å². The van der Waals surface area contributed by atoms with Crippen molar-refractivity contribution in [2.45, 2.75) is 90.0 Å². The average molecular weight is 525 g/mol. The first kappa shape index (κ1) is 29.4. The number of nitrogens with one attached hydrogen (secondary N) is 1. The molecule has 1 saturated carbocycles. The summed E-state index contributed by atoms with van der Waals surface area (Å²) in [6.45, 7) is 6.16. The molecule has 2 fully saturated rings. The van der Waals surface area contributed by atoms with E-state index >= 15 is 0 Å². The number of rotatable bonds is 9. The van der Waals surface area contributed by atoms with E-state index in [0.29, 0.717) is 36.5 Å². The van der Waals surface area contributed by atoms with Crippen LogP contribution in [0.5, 0.6) is 0 Å². The summed E-state index contributed by atoms with van der Waals surface area (Å²) in [5.74, 6) is 1.10. The number of carbonyl (C=O) groups excluding carboxylic acids is 3. The summed E-state index contributed by atoms with van der Waals surface area (Å²) in [6.07, 6.45) is 11.8. The van der Waals surface area contributed by atoms with Crippen LogP contribution in [-0.4, -0.2) is 46.9 Å². The van der Waals surface area contributed by atoms with Gasteiger partial charge in [0.2, 0.25) is 17.6 Å². The first-order valence-electron chi connectivity index (χ1n) is 14.2. The molecule has 1 aromatic carbocycles. The van der Waals surface area contributed by atoms with Crippen LogP contribution >= 0.6 is 0 Å². The number of nitrogens with zero attached hydrogens (tertiary/aromatic N) is 2. The van der Waals surface area contributed by atoms with Crippen molar-refractivity contribution >= 4 is 17.7 Å². The molecule has 4 rings (SSSR count). The van der Waals surface area contributed by atoms with Crippen LogP contribution in [0.4, 0.5) is 0 Å². The molecule has 1 saturated heterocycles. The van der Waals surface area contributed by atoms with Gasteiger partial charge in [0.15, 0.2) is 0 Å². The molecule has 2 aliphatic rings. The summed E-state index contributed by atoms with van der Waals surface area (Å²) in [6, 6.07) is 11.5. The Morgan fingerprint density at radius 1 is 1.05 bits per heavy atom. The number of carbonyl (C=O) groups is 3. The van der Waals surface area contributed by atoms with Gasteiger partial charge in [-0.1, -0.05) is 87.9 Å². The van der Waals surface area contributed by atoms with Gasteiger partial charge in [-0.2, -0.15) is 0 Å². The minimum Gasteiger partial charge on any atom is -0.368 e. The van der Waals surface area contributed by atoms with Crippen molar-refractivity contribution in [3.05, 3.63) is 53.9 Å². The Hall–Kier alpha value is -3.16. The number of aromatic nitrogens is 1. The second-order valence-electron chi connectivity index (χ2n) is 10.8. The van der Waals surface area contributed by atoms with Crippen LogP contribution < -0.4 is 11.1 Å². The van der Waals surface area contributed by atoms with Crippen molar-refractivity contribution in [3.63, 3.8) is 0 Å². The Morgan fingerprint density at radius 3 is 2.32 bits per heavy atom. The standard InChI is InChI=1S/C17H25NO.C13H19N3O3/c1-3-14(2)13-17(19)18-11-9-16(10-12-18)15-7-5-4-6-8-15;14-12(17)10(8-9-4-2-1-3-5-9)16-13(18)11-6-7-15-19-11/h4-8,14,16H,3,9-13H2,1-2H3;6-7,9-10H,1-5,8H2,(H2,14,17)(H,16,18). The number of hydrogen-bond acceptors (Lipinski definition) is 5. The molecule has 0 bridgehead atoms. The van der Waals surface area contributed by atoms with Gasteiger partial charge in [-0.15, -0.1) is 0 Å². The van der Waals surface area contributed by atoms with E-state index in [1.165, 1.54) is 37.1 Å². The topological polar surface area (TPSA) is 119 Å². The van der Waals surface area contributed by atoms with Gasteiger partial charge in [-0.25, -0.2) is 0 Å². The number of nitrogens with two attached hydrogens (primary N) is 1. The summed E-state index contributed by atoms with van der Waals surface area (Å²) in [4.78, 5) is 37.4. The molecular weight excluding hydrogens is 480 g/mol. The van der Waals surface area contributed by atoms with Crippen molar-refractivity contribution in [1.82, 2.24) is 15.4 Å². The molecule has 38 heavy (non-hydrogen) atoms. The molecule has 0 radical (unpaired) electrons. The second kappa shape index (κ2) is 15.3. The highest BCUT2D eigenvalue weighted by Crippen LogP contribution is 2.29. The molecule has 0 spiro atoms. The highest BCUT2D eigenvalue weighted by atomic mass is 16.5. The maximum atomic E-state index is 12.1. The number of hydrogen-bond donors (Lipinski definition) is 2. The van der Waals surface area contributed by atoms with E-state index < -0.39 is 17.9 Å². The Labute approximate surface area is 226 Å². The zero-order valence-electron chi connectivity index (χ0n) is 22.9. The highest BCUT2D eigenvalue weighted by Gasteiger charge is 2.26. The largest absolute Gasteiger partial charge is 0.368 e. The molecule has 8 heteroatoms. The number of benzene rings is 1. The predicted octanol–water partition coefficient (Wildman–Crippen LogP) is 5.06. The zero-order chi connectivity index (χ0) is 27.3. The first-order chi connectivity index (χ1) is 18.4. The quantitative estimate of drug-likeness (QED) is 0.475. The molecule has 8 nitrogen and oxygen atoms in total. The van der Waals surface area contributed by atoms with Gasteiger partial charge in [-0.05, 0) is 42.6 Å². The third-order valence-electron chi connectivity index (χ3n) is 7.94. The minimum atomic E-state index is -0.638. The Bertz CT molecular complexity index is 981. The predicted molar refractivity (Wildman–Crippen MR) is 147 cm³/mol. The number of amides is 3. The normalized spacial score (nSPS) is 18.1. The molecule has 3 amide bonds. The van der Waals surface area contributed by atoms with E-state index in [-0.39, 0.29) is 5.76 Å². The van der Waals surface area contributed by atoms with E-state index in [1.807, 2.05) is 0 Å². The lowest BCUT2D eigenvalue weighted by atomic mass is 9.84. The Balaban J connectivity index is 0.000000211. The van der Waals surface area contributed by atoms with Gasteiger partial charge >= 0.3 is 0 Å². The van der Waals surface area contributed by atoms with E-state index in [2.05, 4.69) is 59.6 Å². The van der Waals surface area contributed by atoms with Crippen LogP contribution in [0.15, 0.2) is 47.1 Å². The van der Waals surface area contributed by atoms with Gasteiger partial charge in [0.05, 0.1) is 6.20 Å². The third-order valence-corrected chi connectivity index (χ3v) is 7.94. The fraction of sp³-hybridized carbons (Fsp3) is 0.600. The van der Waals surface area contributed by atoms with Crippen LogP contribution in [0.3, 0.4) is 0 Å². The fourth-order valence-corrected chi connectivity index (χ4v) is 5.32. The molecule has 208 valence electrons. The van der Waals surface area contributed by atoms with Crippen LogP contribution in [0, 0.1) is 11.8 Å². The van der Waals surface area contributed by atoms with E-state index in [4.69, 9.17) is 10.3 Å². The number of piperidine rings is 1. The molecule has 2 unspecified atom stereocenters. The van der Waals surface area contributed by atoms with Crippen molar-refractivity contribution in [2.75, 3.05) is 13.1 Å². The first-order valence-corrected chi connectivity index (χ1v) is 14.2. The van der Waals surface area contributed by atoms with Crippen LogP contribution in [0.2, 0.25) is 0 Å². The summed E-state index contributed by atoms with van der Waals surface area (Å²) in [5, 5.41) is 6.08. The van der Waals surface area contributed by atoms with Gasteiger partial charge < -0.3 is 20.5 Å². The van der Waals surface area contributed by atoms with Crippen molar-refractivity contribution in [1.29, 1.82) is 0 Å². The molecule has 2 atom stereocenters. The van der Waals surface area contributed by atoms with E-state index in [1.54, 1.807) is 0 Å². The van der Waals surface area contributed by atoms with Gasteiger partial charge in [-0.3, -0.25) is 14.4 Å². The second-order valence-corrected chi connectivity index (χ2v) is 10.8. The molecule has 3 N–H and O–H groups in total. The summed E-state index contributed by atoms with van der Waals surface area (Å²) in [5.41, 5.74) is 6.78. The zero-order valence-corrected chi connectivity index (χ0v) is 22.9. The molecule has 1 aromatic heterocycles. The van der Waals surface area contributed by atoms with Crippen LogP contribution in [-0.2, 0) is 9.59 Å². The lowest BCUT2D eigenvalue weighted by Gasteiger charge is -2.33. The number of primary amides is 1. The molecule has 2 heterocycles. The smallest absolute Gasteiger partial charge is 0.290 e. The monoisotopic (exact) mass is 524 g/mol. The highest BCUT2D eigenvalue weighted by molar-refractivity contribution is 5.95. The summed E-state index contributed by atoms with van der Waals surface area (Å²) >= 11 is 0. The molecule has 2 aromatic rings. The third kappa shape index (κ3) is 9.30. The lowest BCUT2D eigenvalue weighted by molar-refractivity contribution is -0.133. The molecular formula is C30H44N4O4. The fourth-order valence-electron chi connectivity index (χ4n) is 5.32.